The Bertz CT molecular complexity index is 211. The second-order valence-corrected chi connectivity index (χ2v) is 5.97. The summed E-state index contributed by atoms with van der Waals surface area (Å²) in [6, 6.07) is 0.229. The summed E-state index contributed by atoms with van der Waals surface area (Å²) in [6.45, 7) is 7.84. The van der Waals surface area contributed by atoms with Crippen LogP contribution in [0.25, 0.3) is 0 Å². The van der Waals surface area contributed by atoms with Gasteiger partial charge >= 0.3 is 0 Å². The summed E-state index contributed by atoms with van der Waals surface area (Å²) < 4.78 is 22.2. The monoisotopic (exact) mass is 235 g/mol. The third-order valence-electron chi connectivity index (χ3n) is 2.35. The molecule has 0 aromatic rings. The Morgan fingerprint density at radius 3 is 2.53 bits per heavy atom. The van der Waals surface area contributed by atoms with E-state index in [1.807, 2.05) is 20.8 Å². The lowest BCUT2D eigenvalue weighted by molar-refractivity contribution is -0.252. The maximum absolute atomic E-state index is 11.2. The quantitative estimate of drug-likeness (QED) is 0.753. The molecule has 1 aliphatic rings. The zero-order valence-corrected chi connectivity index (χ0v) is 10.6. The third-order valence-corrected chi connectivity index (χ3v) is 3.65. The Morgan fingerprint density at radius 1 is 1.40 bits per heavy atom. The Labute approximate surface area is 94.2 Å². The minimum atomic E-state index is -0.691. The van der Waals surface area contributed by atoms with Crippen LogP contribution in [0.5, 0.6) is 0 Å². The molecule has 5 heteroatoms. The van der Waals surface area contributed by atoms with E-state index in [1.165, 1.54) is 0 Å². The molecular weight excluding hydrogens is 214 g/mol. The predicted octanol–water partition coefficient (Wildman–Crippen LogP) is 0.496. The van der Waals surface area contributed by atoms with E-state index in [2.05, 4.69) is 5.32 Å². The standard InChI is InChI=1S/C10H21NO3S/c1-4-15(12)6-5-11-9-7-13-10(2,3)14-8-9/h9,11H,4-8H2,1-3H3. The van der Waals surface area contributed by atoms with Gasteiger partial charge in [-0.25, -0.2) is 0 Å². The highest BCUT2D eigenvalue weighted by Crippen LogP contribution is 2.16. The highest BCUT2D eigenvalue weighted by molar-refractivity contribution is 7.84. The average Bonchev–Trinajstić information content (AvgIpc) is 2.20. The van der Waals surface area contributed by atoms with Crippen molar-refractivity contribution in [2.45, 2.75) is 32.6 Å². The van der Waals surface area contributed by atoms with Gasteiger partial charge in [-0.3, -0.25) is 4.21 Å². The molecule has 0 bridgehead atoms. The first kappa shape index (κ1) is 13.1. The van der Waals surface area contributed by atoms with Crippen molar-refractivity contribution in [2.24, 2.45) is 0 Å². The summed E-state index contributed by atoms with van der Waals surface area (Å²) in [7, 11) is -0.691. The lowest BCUT2D eigenvalue weighted by Gasteiger charge is -2.35. The fourth-order valence-corrected chi connectivity index (χ4v) is 1.97. The first-order valence-corrected chi connectivity index (χ1v) is 6.88. The largest absolute Gasteiger partial charge is 0.349 e. The Hall–Kier alpha value is 0.0300. The molecule has 1 unspecified atom stereocenters. The van der Waals surface area contributed by atoms with Crippen molar-refractivity contribution in [1.82, 2.24) is 5.32 Å². The Kier molecular flexibility index (Phi) is 5.18. The number of hydrogen-bond acceptors (Lipinski definition) is 4. The van der Waals surface area contributed by atoms with E-state index in [9.17, 15) is 4.21 Å². The van der Waals surface area contributed by atoms with E-state index in [0.29, 0.717) is 19.0 Å². The minimum Gasteiger partial charge on any atom is -0.349 e. The van der Waals surface area contributed by atoms with Gasteiger partial charge in [0, 0.05) is 28.9 Å². The molecule has 0 aromatic heterocycles. The molecule has 1 N–H and O–H groups in total. The number of nitrogens with one attached hydrogen (secondary N) is 1. The van der Waals surface area contributed by atoms with Crippen molar-refractivity contribution in [3.8, 4) is 0 Å². The predicted molar refractivity (Wildman–Crippen MR) is 61.3 cm³/mol. The zero-order valence-electron chi connectivity index (χ0n) is 9.75. The summed E-state index contributed by atoms with van der Waals surface area (Å²) >= 11 is 0. The first-order valence-electron chi connectivity index (χ1n) is 5.40. The van der Waals surface area contributed by atoms with Crippen molar-refractivity contribution < 1.29 is 13.7 Å². The first-order chi connectivity index (χ1) is 7.03. The molecule has 4 nitrogen and oxygen atoms in total. The number of rotatable bonds is 5. The van der Waals surface area contributed by atoms with Crippen molar-refractivity contribution in [2.75, 3.05) is 31.3 Å². The van der Waals surface area contributed by atoms with Gasteiger partial charge in [-0.05, 0) is 13.8 Å². The molecule has 1 fully saturated rings. The average molecular weight is 235 g/mol. The molecule has 0 amide bonds. The molecule has 1 saturated heterocycles. The molecule has 90 valence electrons. The Morgan fingerprint density at radius 2 is 2.00 bits per heavy atom. The van der Waals surface area contributed by atoms with Crippen molar-refractivity contribution in [3.05, 3.63) is 0 Å². The molecule has 0 spiro atoms. The van der Waals surface area contributed by atoms with E-state index >= 15 is 0 Å². The van der Waals surface area contributed by atoms with E-state index < -0.39 is 16.6 Å². The van der Waals surface area contributed by atoms with Crippen molar-refractivity contribution in [3.63, 3.8) is 0 Å². The molecule has 0 aromatic carbocycles. The number of hydrogen-bond donors (Lipinski definition) is 1. The maximum Gasteiger partial charge on any atom is 0.162 e. The summed E-state index contributed by atoms with van der Waals surface area (Å²) in [5.41, 5.74) is 0. The Balaban J connectivity index is 2.11. The van der Waals surface area contributed by atoms with E-state index in [-0.39, 0.29) is 6.04 Å². The molecule has 1 aliphatic heterocycles. The van der Waals surface area contributed by atoms with Crippen LogP contribution < -0.4 is 5.32 Å². The SMILES string of the molecule is CCS(=O)CCNC1COC(C)(C)OC1. The summed E-state index contributed by atoms with van der Waals surface area (Å²) in [4.78, 5) is 0. The van der Waals surface area contributed by atoms with Crippen LogP contribution in [0.1, 0.15) is 20.8 Å². The molecule has 0 radical (unpaired) electrons. The molecular formula is C10H21NO3S. The van der Waals surface area contributed by atoms with Gasteiger partial charge in [0.2, 0.25) is 0 Å². The highest BCUT2D eigenvalue weighted by Gasteiger charge is 2.27. The highest BCUT2D eigenvalue weighted by atomic mass is 32.2. The minimum absolute atomic E-state index is 0.229. The van der Waals surface area contributed by atoms with Crippen LogP contribution in [0.4, 0.5) is 0 Å². The molecule has 1 atom stereocenters. The van der Waals surface area contributed by atoms with E-state index in [0.717, 1.165) is 12.3 Å². The normalized spacial score (nSPS) is 23.9. The van der Waals surface area contributed by atoms with Crippen LogP contribution in [0.2, 0.25) is 0 Å². The van der Waals surface area contributed by atoms with E-state index in [4.69, 9.17) is 9.47 Å². The molecule has 1 heterocycles. The molecule has 0 saturated carbocycles. The lowest BCUT2D eigenvalue weighted by Crippen LogP contribution is -2.49. The topological polar surface area (TPSA) is 47.6 Å². The van der Waals surface area contributed by atoms with Gasteiger partial charge in [0.1, 0.15) is 0 Å². The second kappa shape index (κ2) is 5.94. The van der Waals surface area contributed by atoms with Gasteiger partial charge < -0.3 is 14.8 Å². The zero-order chi connectivity index (χ0) is 11.3. The van der Waals surface area contributed by atoms with Gasteiger partial charge in [0.05, 0.1) is 19.3 Å². The molecule has 0 aliphatic carbocycles. The van der Waals surface area contributed by atoms with Crippen molar-refractivity contribution >= 4 is 10.8 Å². The van der Waals surface area contributed by atoms with Crippen LogP contribution in [0.15, 0.2) is 0 Å². The van der Waals surface area contributed by atoms with E-state index in [1.54, 1.807) is 0 Å². The van der Waals surface area contributed by atoms with Crippen LogP contribution >= 0.6 is 0 Å². The number of ether oxygens (including phenoxy) is 2. The summed E-state index contributed by atoms with van der Waals surface area (Å²) in [5, 5.41) is 3.28. The van der Waals surface area contributed by atoms with Gasteiger partial charge in [-0.15, -0.1) is 0 Å². The van der Waals surface area contributed by atoms with Gasteiger partial charge in [-0.2, -0.15) is 0 Å². The summed E-state index contributed by atoms with van der Waals surface area (Å²) in [5.74, 6) is 0.979. The lowest BCUT2D eigenvalue weighted by atomic mass is 10.2. The van der Waals surface area contributed by atoms with Crippen LogP contribution in [-0.2, 0) is 20.3 Å². The smallest absolute Gasteiger partial charge is 0.162 e. The third kappa shape index (κ3) is 5.06. The van der Waals surface area contributed by atoms with Gasteiger partial charge in [0.25, 0.3) is 0 Å². The maximum atomic E-state index is 11.2. The van der Waals surface area contributed by atoms with Gasteiger partial charge in [-0.1, -0.05) is 6.92 Å². The van der Waals surface area contributed by atoms with Crippen LogP contribution in [-0.4, -0.2) is 47.3 Å². The van der Waals surface area contributed by atoms with Crippen LogP contribution in [0.3, 0.4) is 0 Å². The van der Waals surface area contributed by atoms with Gasteiger partial charge in [0.15, 0.2) is 5.79 Å². The fourth-order valence-electron chi connectivity index (χ4n) is 1.33. The second-order valence-electron chi connectivity index (χ2n) is 4.11. The fraction of sp³-hybridized carbons (Fsp3) is 1.00. The molecule has 1 rings (SSSR count). The van der Waals surface area contributed by atoms with Crippen molar-refractivity contribution in [1.29, 1.82) is 0 Å². The molecule has 15 heavy (non-hydrogen) atoms. The summed E-state index contributed by atoms with van der Waals surface area (Å²) in [6.07, 6.45) is 0. The van der Waals surface area contributed by atoms with Crippen LogP contribution in [0, 0.1) is 0 Å².